The summed E-state index contributed by atoms with van der Waals surface area (Å²) in [5.41, 5.74) is 0. The molecule has 0 amide bonds. The Morgan fingerprint density at radius 3 is 1.76 bits per heavy atom. The number of rotatable bonds is 35. The van der Waals surface area contributed by atoms with E-state index in [1.165, 1.54) is 89.9 Å². The topological polar surface area (TPSA) is 132 Å². The Hall–Kier alpha value is -1.77. The molecule has 2 N–H and O–H groups in total. The maximum absolute atomic E-state index is 12.4. The maximum atomic E-state index is 12.4. The van der Waals surface area contributed by atoms with Crippen molar-refractivity contribution in [1.82, 2.24) is 0 Å². The Balaban J connectivity index is 2.14. The van der Waals surface area contributed by atoms with Gasteiger partial charge in [0.2, 0.25) is 0 Å². The molecule has 2 unspecified atom stereocenters. The van der Waals surface area contributed by atoms with E-state index in [1.54, 1.807) is 0 Å². The Kier molecular flexibility index (Phi) is 29.5. The van der Waals surface area contributed by atoms with Gasteiger partial charge in [0.1, 0.15) is 6.61 Å². The molecule has 1 saturated heterocycles. The third-order valence-electron chi connectivity index (χ3n) is 8.84. The van der Waals surface area contributed by atoms with Crippen LogP contribution in [0.4, 0.5) is 0 Å². The third-order valence-corrected chi connectivity index (χ3v) is 9.32. The maximum Gasteiger partial charge on any atom is 0.469 e. The van der Waals surface area contributed by atoms with Crippen LogP contribution in [0.3, 0.4) is 0 Å². The second kappa shape index (κ2) is 31.9. The molecule has 0 spiro atoms. The number of unbranched alkanes of at least 4 members (excludes halogenated alkanes) is 16. The minimum absolute atomic E-state index is 0.116. The fourth-order valence-corrected chi connectivity index (χ4v) is 6.11. The monoisotopic (exact) mass is 726 g/mol. The lowest BCUT2D eigenvalue weighted by atomic mass is 10.0. The second-order valence-electron chi connectivity index (χ2n) is 13.6. The van der Waals surface area contributed by atoms with Gasteiger partial charge in [-0.25, -0.2) is 4.57 Å². The quantitative estimate of drug-likeness (QED) is 0.0215. The number of phosphoric ester groups is 1. The van der Waals surface area contributed by atoms with Crippen molar-refractivity contribution in [2.75, 3.05) is 13.2 Å². The van der Waals surface area contributed by atoms with Gasteiger partial charge in [0.25, 0.3) is 0 Å². The summed E-state index contributed by atoms with van der Waals surface area (Å²) in [6.45, 7) is 3.59. The zero-order valence-electron chi connectivity index (χ0n) is 31.5. The van der Waals surface area contributed by atoms with Crippen LogP contribution in [-0.4, -0.2) is 53.3 Å². The number of epoxide rings is 1. The molecule has 0 radical (unpaired) electrons. The van der Waals surface area contributed by atoms with E-state index in [1.807, 2.05) is 0 Å². The number of hydrogen-bond donors (Lipinski definition) is 2. The van der Waals surface area contributed by atoms with Gasteiger partial charge in [-0.15, -0.1) is 0 Å². The zero-order chi connectivity index (χ0) is 36.5. The molecule has 1 aliphatic heterocycles. The summed E-state index contributed by atoms with van der Waals surface area (Å²) >= 11 is 0. The van der Waals surface area contributed by atoms with Crippen LogP contribution in [0.1, 0.15) is 174 Å². The van der Waals surface area contributed by atoms with Crippen molar-refractivity contribution < 1.29 is 42.7 Å². The van der Waals surface area contributed by atoms with Crippen LogP contribution in [-0.2, 0) is 32.9 Å². The van der Waals surface area contributed by atoms with Crippen molar-refractivity contribution >= 4 is 19.8 Å². The van der Waals surface area contributed by atoms with E-state index >= 15 is 0 Å². The van der Waals surface area contributed by atoms with Gasteiger partial charge < -0.3 is 24.0 Å². The molecule has 1 rings (SSSR count). The molecule has 0 aromatic heterocycles. The summed E-state index contributed by atoms with van der Waals surface area (Å²) in [6, 6.07) is 0. The van der Waals surface area contributed by atoms with Gasteiger partial charge in [-0.1, -0.05) is 147 Å². The molecular formula is C40H71O9P. The number of carbonyl (C=O) groups is 2. The van der Waals surface area contributed by atoms with Crippen LogP contribution >= 0.6 is 7.82 Å². The summed E-state index contributed by atoms with van der Waals surface area (Å²) in [4.78, 5) is 42.9. The highest BCUT2D eigenvalue weighted by Crippen LogP contribution is 2.36. The van der Waals surface area contributed by atoms with E-state index in [0.29, 0.717) is 12.8 Å². The minimum Gasteiger partial charge on any atom is -0.462 e. The highest BCUT2D eigenvalue weighted by molar-refractivity contribution is 7.46. The number of carbonyl (C=O) groups excluding carboxylic acids is 2. The number of esters is 2. The predicted octanol–water partition coefficient (Wildman–Crippen LogP) is 10.8. The lowest BCUT2D eigenvalue weighted by molar-refractivity contribution is -0.161. The molecule has 0 bridgehead atoms. The van der Waals surface area contributed by atoms with E-state index in [4.69, 9.17) is 24.0 Å². The Bertz CT molecular complexity index is 974. The SMILES string of the molecule is CCCCC/C=C\C/C=C\C/C=C\CC1OC1CCCC(=O)O[C@H](COC(=O)CCCCCCCCCCCCCCCC)COP(=O)(O)O. The summed E-state index contributed by atoms with van der Waals surface area (Å²) in [6.07, 6.45) is 38.8. The Labute approximate surface area is 304 Å². The second-order valence-corrected chi connectivity index (χ2v) is 14.9. The first-order valence-electron chi connectivity index (χ1n) is 19.9. The smallest absolute Gasteiger partial charge is 0.462 e. The lowest BCUT2D eigenvalue weighted by Gasteiger charge is -2.18. The molecule has 50 heavy (non-hydrogen) atoms. The summed E-state index contributed by atoms with van der Waals surface area (Å²) < 4.78 is 32.1. The van der Waals surface area contributed by atoms with Crippen molar-refractivity contribution in [3.63, 3.8) is 0 Å². The van der Waals surface area contributed by atoms with Gasteiger partial charge in [0.15, 0.2) is 6.10 Å². The fourth-order valence-electron chi connectivity index (χ4n) is 5.75. The van der Waals surface area contributed by atoms with Crippen molar-refractivity contribution in [2.45, 2.75) is 193 Å². The van der Waals surface area contributed by atoms with Gasteiger partial charge in [0, 0.05) is 12.8 Å². The average Bonchev–Trinajstić information content (AvgIpc) is 3.83. The molecule has 0 saturated carbocycles. The first-order valence-corrected chi connectivity index (χ1v) is 21.4. The summed E-state index contributed by atoms with van der Waals surface area (Å²) in [7, 11) is -4.77. The minimum atomic E-state index is -4.77. The van der Waals surface area contributed by atoms with E-state index in [2.05, 4.69) is 54.8 Å². The number of allylic oxidation sites excluding steroid dienone is 5. The molecule has 0 aliphatic carbocycles. The van der Waals surface area contributed by atoms with Crippen LogP contribution in [0.25, 0.3) is 0 Å². The molecule has 1 aliphatic rings. The fraction of sp³-hybridized carbons (Fsp3) is 0.800. The number of ether oxygens (including phenoxy) is 3. The standard InChI is InChI=1S/C40H71O9P/c1-3-5-7-9-11-13-15-17-18-20-22-24-26-28-32-39(41)46-34-36(35-47-50(43,44)45)48-40(42)33-29-31-38-37(49-38)30-27-25-23-21-19-16-14-12-10-8-6-4-2/h12,14,19,21,25,27,36-38H,3-11,13,15-18,20,22-24,26,28-35H2,1-2H3,(H2,43,44,45)/b14-12-,21-19-,27-25-/t36-,37?,38?/m1/s1. The van der Waals surface area contributed by atoms with Crippen LogP contribution < -0.4 is 0 Å². The van der Waals surface area contributed by atoms with E-state index in [9.17, 15) is 14.2 Å². The third kappa shape index (κ3) is 31.0. The van der Waals surface area contributed by atoms with Crippen molar-refractivity contribution in [1.29, 1.82) is 0 Å². The highest BCUT2D eigenvalue weighted by atomic mass is 31.2. The van der Waals surface area contributed by atoms with Crippen LogP contribution in [0.5, 0.6) is 0 Å². The predicted molar refractivity (Wildman–Crippen MR) is 202 cm³/mol. The molecule has 1 fully saturated rings. The van der Waals surface area contributed by atoms with Crippen molar-refractivity contribution in [3.05, 3.63) is 36.5 Å². The van der Waals surface area contributed by atoms with Crippen LogP contribution in [0, 0.1) is 0 Å². The normalized spacial score (nSPS) is 16.9. The van der Waals surface area contributed by atoms with Gasteiger partial charge in [-0.2, -0.15) is 0 Å². The molecule has 1 heterocycles. The largest absolute Gasteiger partial charge is 0.469 e. The summed E-state index contributed by atoms with van der Waals surface area (Å²) in [5, 5.41) is 0. The number of hydrogen-bond acceptors (Lipinski definition) is 7. The first-order chi connectivity index (χ1) is 24.2. The molecule has 9 nitrogen and oxygen atoms in total. The van der Waals surface area contributed by atoms with Gasteiger partial charge >= 0.3 is 19.8 Å². The molecule has 3 atom stereocenters. The van der Waals surface area contributed by atoms with Gasteiger partial charge in [-0.3, -0.25) is 14.1 Å². The molecule has 0 aromatic rings. The highest BCUT2D eigenvalue weighted by Gasteiger charge is 2.36. The summed E-state index contributed by atoms with van der Waals surface area (Å²) in [5.74, 6) is -0.958. The Morgan fingerprint density at radius 1 is 0.640 bits per heavy atom. The Morgan fingerprint density at radius 2 is 1.16 bits per heavy atom. The molecular weight excluding hydrogens is 655 g/mol. The van der Waals surface area contributed by atoms with Crippen molar-refractivity contribution in [2.24, 2.45) is 0 Å². The van der Waals surface area contributed by atoms with Crippen LogP contribution in [0.2, 0.25) is 0 Å². The van der Waals surface area contributed by atoms with E-state index in [-0.39, 0.29) is 31.7 Å². The average molecular weight is 727 g/mol. The number of phosphoric acid groups is 1. The van der Waals surface area contributed by atoms with Gasteiger partial charge in [0.05, 0.1) is 18.8 Å². The van der Waals surface area contributed by atoms with E-state index < -0.39 is 32.5 Å². The molecule has 290 valence electrons. The zero-order valence-corrected chi connectivity index (χ0v) is 32.4. The van der Waals surface area contributed by atoms with E-state index in [0.717, 1.165) is 44.9 Å². The molecule has 10 heteroatoms. The van der Waals surface area contributed by atoms with Crippen molar-refractivity contribution in [3.8, 4) is 0 Å². The lowest BCUT2D eigenvalue weighted by Crippen LogP contribution is -2.29. The first kappa shape index (κ1) is 46.3. The van der Waals surface area contributed by atoms with Gasteiger partial charge in [-0.05, 0) is 51.4 Å². The van der Waals surface area contributed by atoms with Crippen LogP contribution in [0.15, 0.2) is 36.5 Å². The molecule has 0 aromatic carbocycles.